The van der Waals surface area contributed by atoms with Crippen LogP contribution < -0.4 is 10.1 Å². The topological polar surface area (TPSA) is 33.6 Å². The molecular formula is C21H25F3N2OS. The van der Waals surface area contributed by atoms with E-state index in [0.29, 0.717) is 11.6 Å². The van der Waals surface area contributed by atoms with Gasteiger partial charge in [0.2, 0.25) is 0 Å². The van der Waals surface area contributed by atoms with Crippen LogP contribution in [0.25, 0.3) is 0 Å². The van der Waals surface area contributed by atoms with E-state index in [9.17, 15) is 13.2 Å². The number of rotatable bonds is 9. The molecule has 0 saturated heterocycles. The number of thiophene rings is 1. The standard InChI is InChI=1S/C21H25F3N2OS/c1-5-8-15(6-2)19-13-18(20(28-19)25-7-3)14(4)26-16-9-11-17(12-10-16)27-21(22,23)24/h7,9-13,15,25H,3,5-6,8H2,1-2,4H3. The lowest BCUT2D eigenvalue weighted by atomic mass is 9.98. The predicted molar refractivity (Wildman–Crippen MR) is 111 cm³/mol. The van der Waals surface area contributed by atoms with Crippen LogP contribution in [0.3, 0.4) is 0 Å². The molecule has 1 atom stereocenters. The highest BCUT2D eigenvalue weighted by Crippen LogP contribution is 2.37. The van der Waals surface area contributed by atoms with Crippen molar-refractivity contribution in [1.29, 1.82) is 0 Å². The lowest BCUT2D eigenvalue weighted by Crippen LogP contribution is -2.16. The van der Waals surface area contributed by atoms with Crippen molar-refractivity contribution in [3.63, 3.8) is 0 Å². The third kappa shape index (κ3) is 6.12. The fraction of sp³-hybridized carbons (Fsp3) is 0.381. The van der Waals surface area contributed by atoms with Gasteiger partial charge in [-0.2, -0.15) is 0 Å². The van der Waals surface area contributed by atoms with Crippen molar-refractivity contribution >= 4 is 27.7 Å². The van der Waals surface area contributed by atoms with Crippen LogP contribution in [-0.2, 0) is 0 Å². The molecule has 3 nitrogen and oxygen atoms in total. The molecule has 152 valence electrons. The first kappa shape index (κ1) is 22.0. The van der Waals surface area contributed by atoms with E-state index < -0.39 is 6.36 Å². The van der Waals surface area contributed by atoms with Crippen LogP contribution in [0.4, 0.5) is 23.9 Å². The van der Waals surface area contributed by atoms with Crippen LogP contribution in [0.1, 0.15) is 56.4 Å². The number of ether oxygens (including phenoxy) is 1. The molecule has 1 aromatic heterocycles. The molecule has 28 heavy (non-hydrogen) atoms. The van der Waals surface area contributed by atoms with Crippen LogP contribution in [-0.4, -0.2) is 12.1 Å². The number of hydrogen-bond donors (Lipinski definition) is 1. The van der Waals surface area contributed by atoms with E-state index in [1.807, 2.05) is 6.92 Å². The first-order valence-electron chi connectivity index (χ1n) is 9.20. The van der Waals surface area contributed by atoms with Gasteiger partial charge in [0.15, 0.2) is 0 Å². The van der Waals surface area contributed by atoms with E-state index in [2.05, 4.69) is 41.5 Å². The Morgan fingerprint density at radius 1 is 1.29 bits per heavy atom. The minimum atomic E-state index is -4.70. The fourth-order valence-corrected chi connectivity index (χ4v) is 4.27. The Kier molecular flexibility index (Phi) is 7.69. The summed E-state index contributed by atoms with van der Waals surface area (Å²) >= 11 is 1.70. The second kappa shape index (κ2) is 9.78. The number of benzene rings is 1. The molecule has 1 N–H and O–H groups in total. The van der Waals surface area contributed by atoms with E-state index in [-0.39, 0.29) is 5.75 Å². The molecule has 0 aliphatic rings. The van der Waals surface area contributed by atoms with Crippen LogP contribution in [0, 0.1) is 0 Å². The Morgan fingerprint density at radius 3 is 2.50 bits per heavy atom. The molecule has 2 rings (SSSR count). The number of halogens is 3. The van der Waals surface area contributed by atoms with Crippen molar-refractivity contribution in [1.82, 2.24) is 0 Å². The van der Waals surface area contributed by atoms with Gasteiger partial charge >= 0.3 is 6.36 Å². The molecule has 0 fully saturated rings. The van der Waals surface area contributed by atoms with Crippen molar-refractivity contribution in [2.75, 3.05) is 5.32 Å². The fourth-order valence-electron chi connectivity index (χ4n) is 2.95. The zero-order valence-electron chi connectivity index (χ0n) is 16.3. The maximum Gasteiger partial charge on any atom is 0.573 e. The molecule has 1 heterocycles. The van der Waals surface area contributed by atoms with Gasteiger partial charge in [-0.15, -0.1) is 24.5 Å². The Labute approximate surface area is 168 Å². The predicted octanol–water partition coefficient (Wildman–Crippen LogP) is 7.64. The molecule has 0 radical (unpaired) electrons. The van der Waals surface area contributed by atoms with E-state index in [1.165, 1.54) is 29.1 Å². The maximum absolute atomic E-state index is 12.3. The number of anilines is 1. The smallest absolute Gasteiger partial charge is 0.406 e. The van der Waals surface area contributed by atoms with Gasteiger partial charge < -0.3 is 10.1 Å². The van der Waals surface area contributed by atoms with Crippen molar-refractivity contribution in [3.05, 3.63) is 53.6 Å². The van der Waals surface area contributed by atoms with Gasteiger partial charge in [0.05, 0.1) is 5.69 Å². The summed E-state index contributed by atoms with van der Waals surface area (Å²) in [6, 6.07) is 7.68. The molecule has 0 spiro atoms. The van der Waals surface area contributed by atoms with Crippen molar-refractivity contribution in [2.24, 2.45) is 4.99 Å². The van der Waals surface area contributed by atoms with Crippen LogP contribution in [0.2, 0.25) is 0 Å². The molecule has 0 saturated carbocycles. The van der Waals surface area contributed by atoms with Crippen LogP contribution in [0.15, 0.2) is 48.1 Å². The van der Waals surface area contributed by atoms with E-state index in [0.717, 1.165) is 35.5 Å². The zero-order valence-corrected chi connectivity index (χ0v) is 17.1. The molecule has 0 amide bonds. The molecule has 0 aliphatic heterocycles. The third-order valence-corrected chi connectivity index (χ3v) is 5.50. The van der Waals surface area contributed by atoms with E-state index in [4.69, 9.17) is 0 Å². The molecule has 2 aromatic rings. The molecular weight excluding hydrogens is 385 g/mol. The van der Waals surface area contributed by atoms with Gasteiger partial charge in [-0.05, 0) is 62.2 Å². The van der Waals surface area contributed by atoms with Gasteiger partial charge in [-0.1, -0.05) is 26.8 Å². The largest absolute Gasteiger partial charge is 0.573 e. The first-order valence-corrected chi connectivity index (χ1v) is 10.0. The first-order chi connectivity index (χ1) is 13.3. The highest BCUT2D eigenvalue weighted by molar-refractivity contribution is 7.16. The van der Waals surface area contributed by atoms with Gasteiger partial charge in [0.25, 0.3) is 0 Å². The van der Waals surface area contributed by atoms with Crippen LogP contribution in [0.5, 0.6) is 5.75 Å². The average Bonchev–Trinajstić information content (AvgIpc) is 3.04. The number of nitrogens with one attached hydrogen (secondary N) is 1. The highest BCUT2D eigenvalue weighted by Gasteiger charge is 2.30. The SMILES string of the molecule is C=CNc1sc(C(CC)CCC)cc1C(C)=Nc1ccc(OC(F)(F)F)cc1. The van der Waals surface area contributed by atoms with Crippen LogP contribution >= 0.6 is 11.3 Å². The lowest BCUT2D eigenvalue weighted by molar-refractivity contribution is -0.274. The third-order valence-electron chi connectivity index (χ3n) is 4.27. The molecule has 7 heteroatoms. The minimum Gasteiger partial charge on any atom is -0.406 e. The number of aliphatic imine (C=N–C) groups is 1. The quantitative estimate of drug-likeness (QED) is 0.431. The Balaban J connectivity index is 2.29. The minimum absolute atomic E-state index is 0.263. The normalized spacial score (nSPS) is 13.3. The second-order valence-electron chi connectivity index (χ2n) is 6.37. The summed E-state index contributed by atoms with van der Waals surface area (Å²) < 4.78 is 40.7. The number of alkyl halides is 3. The van der Waals surface area contributed by atoms with E-state index >= 15 is 0 Å². The molecule has 1 aromatic carbocycles. The summed E-state index contributed by atoms with van der Waals surface area (Å²) in [6.45, 7) is 10.00. The highest BCUT2D eigenvalue weighted by atomic mass is 32.1. The average molecular weight is 411 g/mol. The maximum atomic E-state index is 12.3. The van der Waals surface area contributed by atoms with Gasteiger partial charge in [0.1, 0.15) is 10.8 Å². The second-order valence-corrected chi connectivity index (χ2v) is 7.46. The van der Waals surface area contributed by atoms with Crippen molar-refractivity contribution < 1.29 is 17.9 Å². The van der Waals surface area contributed by atoms with E-state index in [1.54, 1.807) is 17.5 Å². The molecule has 0 bridgehead atoms. The van der Waals surface area contributed by atoms with Gasteiger partial charge in [-0.25, -0.2) is 0 Å². The summed E-state index contributed by atoms with van der Waals surface area (Å²) in [5.41, 5.74) is 2.32. The monoisotopic (exact) mass is 410 g/mol. The number of hydrogen-bond acceptors (Lipinski definition) is 4. The van der Waals surface area contributed by atoms with Crippen molar-refractivity contribution in [2.45, 2.75) is 52.3 Å². The summed E-state index contributed by atoms with van der Waals surface area (Å²) in [4.78, 5) is 5.86. The summed E-state index contributed by atoms with van der Waals surface area (Å²) in [6.07, 6.45) is 0.248. The van der Waals surface area contributed by atoms with Gasteiger partial charge in [-0.3, -0.25) is 4.99 Å². The van der Waals surface area contributed by atoms with Gasteiger partial charge in [0, 0.05) is 16.2 Å². The summed E-state index contributed by atoms with van der Waals surface area (Å²) in [5.74, 6) is 0.238. The summed E-state index contributed by atoms with van der Waals surface area (Å²) in [5, 5.41) is 4.15. The molecule has 0 aliphatic carbocycles. The molecule has 1 unspecified atom stereocenters. The van der Waals surface area contributed by atoms with Crippen molar-refractivity contribution in [3.8, 4) is 5.75 Å². The Bertz CT molecular complexity index is 810. The zero-order chi connectivity index (χ0) is 20.7. The summed E-state index contributed by atoms with van der Waals surface area (Å²) in [7, 11) is 0. The number of nitrogens with zero attached hydrogens (tertiary/aromatic N) is 1. The Morgan fingerprint density at radius 2 is 1.96 bits per heavy atom. The Hall–Kier alpha value is -2.28. The lowest BCUT2D eigenvalue weighted by Gasteiger charge is -2.10.